The van der Waals surface area contributed by atoms with Crippen LogP contribution in [0.3, 0.4) is 0 Å². The van der Waals surface area contributed by atoms with Crippen molar-refractivity contribution in [3.8, 4) is 0 Å². The number of thioether (sulfide) groups is 1. The highest BCUT2D eigenvalue weighted by atomic mass is 32.2. The van der Waals surface area contributed by atoms with Crippen molar-refractivity contribution in [2.75, 3.05) is 19.4 Å². The highest BCUT2D eigenvalue weighted by Crippen LogP contribution is 2.29. The van der Waals surface area contributed by atoms with Crippen LogP contribution in [0, 0.1) is 11.8 Å². The second-order valence-electron chi connectivity index (χ2n) is 5.18. The van der Waals surface area contributed by atoms with Crippen molar-refractivity contribution in [2.45, 2.75) is 50.8 Å². The molecule has 4 atom stereocenters. The molecule has 1 saturated carbocycles. The first kappa shape index (κ1) is 14.3. The Morgan fingerprint density at radius 2 is 2.06 bits per heavy atom. The maximum Gasteiger partial charge on any atom is 0.0564 e. The second-order valence-corrected chi connectivity index (χ2v) is 6.25. The largest absolute Gasteiger partial charge is 0.395 e. The summed E-state index contributed by atoms with van der Waals surface area (Å²) in [4.78, 5) is 0. The quantitative estimate of drug-likeness (QED) is 0.754. The summed E-state index contributed by atoms with van der Waals surface area (Å²) in [6.07, 6.45) is 7.66. The molecule has 3 heteroatoms. The van der Waals surface area contributed by atoms with Gasteiger partial charge in [0.1, 0.15) is 0 Å². The lowest BCUT2D eigenvalue weighted by atomic mass is 9.80. The molecule has 1 rings (SSSR count). The van der Waals surface area contributed by atoms with E-state index in [9.17, 15) is 5.11 Å². The summed E-state index contributed by atoms with van der Waals surface area (Å²) in [7, 11) is 0. The van der Waals surface area contributed by atoms with Gasteiger partial charge in [-0.2, -0.15) is 11.8 Å². The summed E-state index contributed by atoms with van der Waals surface area (Å²) in [5.74, 6) is 1.72. The molecule has 1 aliphatic rings. The van der Waals surface area contributed by atoms with E-state index >= 15 is 0 Å². The zero-order valence-electron chi connectivity index (χ0n) is 10.9. The highest BCUT2D eigenvalue weighted by Gasteiger charge is 2.22. The topological polar surface area (TPSA) is 32.3 Å². The second kappa shape index (κ2) is 7.57. The summed E-state index contributed by atoms with van der Waals surface area (Å²) in [5, 5.41) is 13.2. The van der Waals surface area contributed by atoms with Crippen molar-refractivity contribution < 1.29 is 5.11 Å². The molecule has 0 aromatic rings. The van der Waals surface area contributed by atoms with Gasteiger partial charge in [-0.05, 0) is 38.0 Å². The number of nitrogens with one attached hydrogen (secondary N) is 1. The summed E-state index contributed by atoms with van der Waals surface area (Å²) in [6, 6.07) is 0.411. The predicted molar refractivity (Wildman–Crippen MR) is 73.0 cm³/mol. The van der Waals surface area contributed by atoms with Crippen molar-refractivity contribution in [3.63, 3.8) is 0 Å². The fourth-order valence-electron chi connectivity index (χ4n) is 2.60. The lowest BCUT2D eigenvalue weighted by molar-refractivity contribution is 0.231. The lowest BCUT2D eigenvalue weighted by Gasteiger charge is -2.31. The van der Waals surface area contributed by atoms with Gasteiger partial charge >= 0.3 is 0 Å². The van der Waals surface area contributed by atoms with E-state index in [-0.39, 0.29) is 6.61 Å². The lowest BCUT2D eigenvalue weighted by Crippen LogP contribution is -2.41. The zero-order chi connectivity index (χ0) is 12.0. The molecule has 0 amide bonds. The Balaban J connectivity index is 2.26. The Morgan fingerprint density at radius 3 is 2.62 bits per heavy atom. The molecule has 2 nitrogen and oxygen atoms in total. The molecule has 0 radical (unpaired) electrons. The molecule has 4 unspecified atom stereocenters. The summed E-state index contributed by atoms with van der Waals surface area (Å²) >= 11 is 1.75. The monoisotopic (exact) mass is 245 g/mol. The number of hydrogen-bond donors (Lipinski definition) is 2. The van der Waals surface area contributed by atoms with E-state index in [2.05, 4.69) is 25.4 Å². The maximum absolute atomic E-state index is 9.22. The standard InChI is InChI=1S/C13H27NOS/c1-10-6-4-5-7-12(10)8-14-11(2)13(9-15)16-3/h10-15H,4-9H2,1-3H3. The average molecular weight is 245 g/mol. The van der Waals surface area contributed by atoms with Gasteiger partial charge in [0, 0.05) is 11.3 Å². The molecule has 1 aliphatic carbocycles. The molecule has 2 N–H and O–H groups in total. The van der Waals surface area contributed by atoms with Crippen LogP contribution in [-0.4, -0.2) is 35.8 Å². The van der Waals surface area contributed by atoms with Crippen LogP contribution in [0.1, 0.15) is 39.5 Å². The van der Waals surface area contributed by atoms with Crippen LogP contribution < -0.4 is 5.32 Å². The Morgan fingerprint density at radius 1 is 1.38 bits per heavy atom. The third kappa shape index (κ3) is 4.27. The molecular weight excluding hydrogens is 218 g/mol. The van der Waals surface area contributed by atoms with E-state index in [1.165, 1.54) is 25.7 Å². The van der Waals surface area contributed by atoms with E-state index in [4.69, 9.17) is 0 Å². The van der Waals surface area contributed by atoms with E-state index in [0.717, 1.165) is 18.4 Å². The number of aliphatic hydroxyl groups excluding tert-OH is 1. The van der Waals surface area contributed by atoms with Crippen LogP contribution in [0.25, 0.3) is 0 Å². The van der Waals surface area contributed by atoms with Crippen LogP contribution in [-0.2, 0) is 0 Å². The van der Waals surface area contributed by atoms with Gasteiger partial charge in [-0.1, -0.05) is 26.2 Å². The molecule has 16 heavy (non-hydrogen) atoms. The van der Waals surface area contributed by atoms with Crippen LogP contribution in [0.4, 0.5) is 0 Å². The first-order chi connectivity index (χ1) is 7.69. The van der Waals surface area contributed by atoms with Gasteiger partial charge in [-0.25, -0.2) is 0 Å². The molecule has 0 spiro atoms. The molecule has 1 fully saturated rings. The SMILES string of the molecule is CSC(CO)C(C)NCC1CCCCC1C. The van der Waals surface area contributed by atoms with E-state index in [1.54, 1.807) is 11.8 Å². The zero-order valence-corrected chi connectivity index (χ0v) is 11.7. The Labute approximate surface area is 105 Å². The molecule has 96 valence electrons. The van der Waals surface area contributed by atoms with Crippen molar-refractivity contribution in [1.82, 2.24) is 5.32 Å². The van der Waals surface area contributed by atoms with Gasteiger partial charge in [0.25, 0.3) is 0 Å². The molecule has 0 bridgehead atoms. The maximum atomic E-state index is 9.22. The minimum atomic E-state index is 0.273. The van der Waals surface area contributed by atoms with Gasteiger partial charge in [0.2, 0.25) is 0 Å². The highest BCUT2D eigenvalue weighted by molar-refractivity contribution is 7.99. The Bertz CT molecular complexity index is 185. The van der Waals surface area contributed by atoms with Gasteiger partial charge < -0.3 is 10.4 Å². The molecule has 0 heterocycles. The average Bonchev–Trinajstić information content (AvgIpc) is 2.29. The van der Waals surface area contributed by atoms with E-state index < -0.39 is 0 Å². The van der Waals surface area contributed by atoms with E-state index in [1.807, 2.05) is 0 Å². The normalized spacial score (nSPS) is 30.0. The third-order valence-electron chi connectivity index (χ3n) is 4.03. The first-order valence-corrected chi connectivity index (χ1v) is 7.84. The smallest absolute Gasteiger partial charge is 0.0564 e. The molecule has 0 saturated heterocycles. The van der Waals surface area contributed by atoms with Crippen LogP contribution in [0.5, 0.6) is 0 Å². The van der Waals surface area contributed by atoms with Gasteiger partial charge in [0.05, 0.1) is 6.61 Å². The Hall–Kier alpha value is 0.270. The fraction of sp³-hybridized carbons (Fsp3) is 1.00. The van der Waals surface area contributed by atoms with Crippen molar-refractivity contribution in [2.24, 2.45) is 11.8 Å². The van der Waals surface area contributed by atoms with Crippen LogP contribution >= 0.6 is 11.8 Å². The van der Waals surface area contributed by atoms with Crippen LogP contribution in [0.2, 0.25) is 0 Å². The minimum absolute atomic E-state index is 0.273. The molecule has 0 aromatic carbocycles. The van der Waals surface area contributed by atoms with Gasteiger partial charge in [-0.3, -0.25) is 0 Å². The third-order valence-corrected chi connectivity index (χ3v) is 5.19. The summed E-state index contributed by atoms with van der Waals surface area (Å²) in [5.41, 5.74) is 0. The molecule has 0 aromatic heterocycles. The fourth-order valence-corrected chi connectivity index (χ4v) is 3.26. The van der Waals surface area contributed by atoms with Gasteiger partial charge in [0.15, 0.2) is 0 Å². The summed E-state index contributed by atoms with van der Waals surface area (Å²) < 4.78 is 0. The first-order valence-electron chi connectivity index (χ1n) is 6.56. The van der Waals surface area contributed by atoms with Gasteiger partial charge in [-0.15, -0.1) is 0 Å². The number of rotatable bonds is 6. The minimum Gasteiger partial charge on any atom is -0.395 e. The molecular formula is C13H27NOS. The van der Waals surface area contributed by atoms with Crippen molar-refractivity contribution in [3.05, 3.63) is 0 Å². The Kier molecular flexibility index (Phi) is 6.78. The van der Waals surface area contributed by atoms with Crippen molar-refractivity contribution in [1.29, 1.82) is 0 Å². The predicted octanol–water partition coefficient (Wildman–Crippen LogP) is 2.51. The number of aliphatic hydroxyl groups is 1. The summed E-state index contributed by atoms with van der Waals surface area (Å²) in [6.45, 7) is 5.97. The number of hydrogen-bond acceptors (Lipinski definition) is 3. The van der Waals surface area contributed by atoms with E-state index in [0.29, 0.717) is 11.3 Å². The van der Waals surface area contributed by atoms with Crippen LogP contribution in [0.15, 0.2) is 0 Å². The molecule has 0 aliphatic heterocycles. The van der Waals surface area contributed by atoms with Crippen molar-refractivity contribution >= 4 is 11.8 Å².